The van der Waals surface area contributed by atoms with E-state index in [9.17, 15) is 4.79 Å². The first-order valence-corrected chi connectivity index (χ1v) is 7.59. The van der Waals surface area contributed by atoms with Crippen LogP contribution in [0.1, 0.15) is 28.2 Å². The number of carbonyl (C=O) groups excluding carboxylic acids is 1. The van der Waals surface area contributed by atoms with Crippen molar-refractivity contribution in [3.63, 3.8) is 0 Å². The average Bonchev–Trinajstić information content (AvgIpc) is 3.07. The largest absolute Gasteiger partial charge is 0.487 e. The Bertz CT molecular complexity index is 686. The van der Waals surface area contributed by atoms with Crippen LogP contribution in [0.25, 0.3) is 0 Å². The van der Waals surface area contributed by atoms with Crippen molar-refractivity contribution in [1.29, 1.82) is 0 Å². The Labute approximate surface area is 134 Å². The zero-order chi connectivity index (χ0) is 16.1. The van der Waals surface area contributed by atoms with Crippen LogP contribution in [-0.2, 0) is 6.54 Å². The summed E-state index contributed by atoms with van der Waals surface area (Å²) in [5, 5.41) is 6.11. The van der Waals surface area contributed by atoms with Gasteiger partial charge in [-0.25, -0.2) is 9.97 Å². The van der Waals surface area contributed by atoms with Gasteiger partial charge in [-0.3, -0.25) is 9.78 Å². The molecule has 0 saturated carbocycles. The third kappa shape index (κ3) is 4.01. The molecular formula is C16H19N5O2. The van der Waals surface area contributed by atoms with E-state index < -0.39 is 0 Å². The normalized spacial score (nSPS) is 17.0. The summed E-state index contributed by atoms with van der Waals surface area (Å²) in [6.45, 7) is 3.98. The van der Waals surface area contributed by atoms with Crippen LogP contribution in [0.5, 0.6) is 5.75 Å². The van der Waals surface area contributed by atoms with E-state index in [0.717, 1.165) is 30.8 Å². The summed E-state index contributed by atoms with van der Waals surface area (Å²) in [6, 6.07) is 3.51. The highest BCUT2D eigenvalue weighted by atomic mass is 16.5. The minimum atomic E-state index is -0.235. The lowest BCUT2D eigenvalue weighted by Gasteiger charge is -2.15. The van der Waals surface area contributed by atoms with Gasteiger partial charge < -0.3 is 15.4 Å². The van der Waals surface area contributed by atoms with Crippen molar-refractivity contribution in [2.75, 3.05) is 13.1 Å². The number of nitrogens with one attached hydrogen (secondary N) is 2. The van der Waals surface area contributed by atoms with Gasteiger partial charge in [0.15, 0.2) is 0 Å². The fourth-order valence-corrected chi connectivity index (χ4v) is 2.41. The summed E-state index contributed by atoms with van der Waals surface area (Å²) in [5.41, 5.74) is 2.01. The summed E-state index contributed by atoms with van der Waals surface area (Å²) in [6.07, 6.45) is 5.89. The smallest absolute Gasteiger partial charge is 0.270 e. The first-order valence-electron chi connectivity index (χ1n) is 7.59. The molecule has 120 valence electrons. The Balaban J connectivity index is 1.64. The molecule has 0 radical (unpaired) electrons. The molecule has 23 heavy (non-hydrogen) atoms. The summed E-state index contributed by atoms with van der Waals surface area (Å²) in [7, 11) is 0. The van der Waals surface area contributed by atoms with E-state index in [4.69, 9.17) is 4.74 Å². The van der Waals surface area contributed by atoms with E-state index in [-0.39, 0.29) is 12.0 Å². The lowest BCUT2D eigenvalue weighted by atomic mass is 10.2. The van der Waals surface area contributed by atoms with Gasteiger partial charge >= 0.3 is 0 Å². The van der Waals surface area contributed by atoms with Crippen LogP contribution in [0.4, 0.5) is 0 Å². The average molecular weight is 313 g/mol. The standard InChI is InChI=1S/C16H19N5O2/c1-11-6-14(21-10-20-11)16(22)19-7-12-2-4-18-9-15(12)23-13-3-5-17-8-13/h2,4,6,9-10,13,17H,3,5,7-8H2,1H3,(H,19,22)/t13-/m0/s1. The molecule has 0 bridgehead atoms. The maximum atomic E-state index is 12.2. The van der Waals surface area contributed by atoms with E-state index in [0.29, 0.717) is 18.0 Å². The Hall–Kier alpha value is -2.54. The second-order valence-corrected chi connectivity index (χ2v) is 5.44. The monoisotopic (exact) mass is 313 g/mol. The number of nitrogens with zero attached hydrogens (tertiary/aromatic N) is 3. The Morgan fingerprint density at radius 3 is 3.17 bits per heavy atom. The SMILES string of the molecule is Cc1cc(C(=O)NCc2ccncc2O[C@H]2CCNC2)ncn1. The molecular weight excluding hydrogens is 294 g/mol. The van der Waals surface area contributed by atoms with Crippen LogP contribution >= 0.6 is 0 Å². The minimum Gasteiger partial charge on any atom is -0.487 e. The van der Waals surface area contributed by atoms with Crippen molar-refractivity contribution >= 4 is 5.91 Å². The first kappa shape index (κ1) is 15.4. The molecule has 1 aliphatic rings. The highest BCUT2D eigenvalue weighted by molar-refractivity contribution is 5.92. The maximum absolute atomic E-state index is 12.2. The number of carbonyl (C=O) groups is 1. The van der Waals surface area contributed by atoms with Crippen molar-refractivity contribution in [2.24, 2.45) is 0 Å². The van der Waals surface area contributed by atoms with Crippen LogP contribution in [0.15, 0.2) is 30.9 Å². The second kappa shape index (κ2) is 7.15. The third-order valence-electron chi connectivity index (χ3n) is 3.65. The lowest BCUT2D eigenvalue weighted by molar-refractivity contribution is 0.0945. The molecule has 2 aromatic rings. The van der Waals surface area contributed by atoms with E-state index in [1.165, 1.54) is 6.33 Å². The van der Waals surface area contributed by atoms with Gasteiger partial charge in [-0.15, -0.1) is 0 Å². The number of rotatable bonds is 5. The van der Waals surface area contributed by atoms with Crippen LogP contribution in [0.2, 0.25) is 0 Å². The van der Waals surface area contributed by atoms with Crippen LogP contribution in [-0.4, -0.2) is 40.1 Å². The van der Waals surface area contributed by atoms with Gasteiger partial charge in [0.05, 0.1) is 6.20 Å². The van der Waals surface area contributed by atoms with Gasteiger partial charge in [-0.05, 0) is 32.0 Å². The molecule has 1 atom stereocenters. The second-order valence-electron chi connectivity index (χ2n) is 5.44. The van der Waals surface area contributed by atoms with Crippen molar-refractivity contribution in [1.82, 2.24) is 25.6 Å². The number of aromatic nitrogens is 3. The molecule has 0 spiro atoms. The van der Waals surface area contributed by atoms with E-state index in [1.54, 1.807) is 18.5 Å². The predicted molar refractivity (Wildman–Crippen MR) is 84.1 cm³/mol. The maximum Gasteiger partial charge on any atom is 0.270 e. The van der Waals surface area contributed by atoms with Crippen LogP contribution < -0.4 is 15.4 Å². The quantitative estimate of drug-likeness (QED) is 0.851. The van der Waals surface area contributed by atoms with Crippen molar-refractivity contribution < 1.29 is 9.53 Å². The zero-order valence-corrected chi connectivity index (χ0v) is 13.0. The highest BCUT2D eigenvalue weighted by Gasteiger charge is 2.18. The van der Waals surface area contributed by atoms with Gasteiger partial charge in [0, 0.05) is 30.5 Å². The van der Waals surface area contributed by atoms with Gasteiger partial charge in [0.25, 0.3) is 5.91 Å². The highest BCUT2D eigenvalue weighted by Crippen LogP contribution is 2.19. The van der Waals surface area contributed by atoms with Crippen LogP contribution in [0, 0.1) is 6.92 Å². The molecule has 0 unspecified atom stereocenters. The molecule has 7 heteroatoms. The minimum absolute atomic E-state index is 0.151. The molecule has 1 aliphatic heterocycles. The molecule has 0 aromatic carbocycles. The number of ether oxygens (including phenoxy) is 1. The number of aryl methyl sites for hydroxylation is 1. The molecule has 3 heterocycles. The lowest BCUT2D eigenvalue weighted by Crippen LogP contribution is -2.25. The predicted octanol–water partition coefficient (Wildman–Crippen LogP) is 0.851. The fourth-order valence-electron chi connectivity index (χ4n) is 2.41. The molecule has 1 saturated heterocycles. The Morgan fingerprint density at radius 1 is 1.48 bits per heavy atom. The summed E-state index contributed by atoms with van der Waals surface area (Å²) >= 11 is 0. The van der Waals surface area contributed by atoms with Gasteiger partial charge in [0.1, 0.15) is 23.9 Å². The topological polar surface area (TPSA) is 89.0 Å². The zero-order valence-electron chi connectivity index (χ0n) is 13.0. The molecule has 1 amide bonds. The third-order valence-corrected chi connectivity index (χ3v) is 3.65. The van der Waals surface area contributed by atoms with Gasteiger partial charge in [-0.1, -0.05) is 0 Å². The van der Waals surface area contributed by atoms with Crippen molar-refractivity contribution in [3.05, 3.63) is 47.8 Å². The Kier molecular flexibility index (Phi) is 4.77. The molecule has 0 aliphatic carbocycles. The van der Waals surface area contributed by atoms with E-state index in [2.05, 4.69) is 25.6 Å². The molecule has 1 fully saturated rings. The molecule has 3 rings (SSSR count). The summed E-state index contributed by atoms with van der Waals surface area (Å²) < 4.78 is 5.96. The number of amides is 1. The van der Waals surface area contributed by atoms with Crippen molar-refractivity contribution in [2.45, 2.75) is 26.0 Å². The fraction of sp³-hybridized carbons (Fsp3) is 0.375. The number of pyridine rings is 1. The van der Waals surface area contributed by atoms with Gasteiger partial charge in [-0.2, -0.15) is 0 Å². The van der Waals surface area contributed by atoms with E-state index >= 15 is 0 Å². The summed E-state index contributed by atoms with van der Waals surface area (Å²) in [5.74, 6) is 0.473. The van der Waals surface area contributed by atoms with Crippen molar-refractivity contribution in [3.8, 4) is 5.75 Å². The van der Waals surface area contributed by atoms with Crippen LogP contribution in [0.3, 0.4) is 0 Å². The Morgan fingerprint density at radius 2 is 2.39 bits per heavy atom. The van der Waals surface area contributed by atoms with Gasteiger partial charge in [0.2, 0.25) is 0 Å². The molecule has 7 nitrogen and oxygen atoms in total. The number of hydrogen-bond acceptors (Lipinski definition) is 6. The number of hydrogen-bond donors (Lipinski definition) is 2. The molecule has 2 aromatic heterocycles. The summed E-state index contributed by atoms with van der Waals surface area (Å²) in [4.78, 5) is 24.2. The molecule has 2 N–H and O–H groups in total. The first-order chi connectivity index (χ1) is 11.2. The van der Waals surface area contributed by atoms with E-state index in [1.807, 2.05) is 13.0 Å².